The first-order valence-corrected chi connectivity index (χ1v) is 6.89. The molecule has 3 rings (SSSR count). The zero-order valence-electron chi connectivity index (χ0n) is 11.1. The number of carbonyl (C=O) groups is 1. The average molecular weight is 279 g/mol. The van der Waals surface area contributed by atoms with Gasteiger partial charge in [0.2, 0.25) is 0 Å². The fourth-order valence-electron chi connectivity index (χ4n) is 3.19. The highest BCUT2D eigenvalue weighted by atomic mass is 19.1. The fourth-order valence-corrected chi connectivity index (χ4v) is 3.19. The number of rotatable bonds is 2. The Labute approximate surface area is 116 Å². The molecule has 20 heavy (non-hydrogen) atoms. The average Bonchev–Trinajstić information content (AvgIpc) is 2.98. The van der Waals surface area contributed by atoms with E-state index in [2.05, 4.69) is 10.3 Å². The van der Waals surface area contributed by atoms with Crippen molar-refractivity contribution in [1.29, 1.82) is 0 Å². The Morgan fingerprint density at radius 2 is 2.40 bits per heavy atom. The molecule has 2 heterocycles. The summed E-state index contributed by atoms with van der Waals surface area (Å²) in [5.74, 6) is -0.0294. The van der Waals surface area contributed by atoms with Crippen molar-refractivity contribution in [3.63, 3.8) is 0 Å². The lowest BCUT2D eigenvalue weighted by atomic mass is 10.00. The molecule has 1 aromatic heterocycles. The number of aliphatic hydroxyl groups is 1. The van der Waals surface area contributed by atoms with Gasteiger partial charge in [-0.15, -0.1) is 0 Å². The molecule has 2 fully saturated rings. The van der Waals surface area contributed by atoms with Crippen molar-refractivity contribution in [2.75, 3.05) is 13.1 Å². The molecule has 2 N–H and O–H groups in total. The number of alkyl halides is 1. The van der Waals surface area contributed by atoms with Crippen LogP contribution >= 0.6 is 0 Å². The summed E-state index contributed by atoms with van der Waals surface area (Å²) in [6.45, 7) is 1.39. The monoisotopic (exact) mass is 279 g/mol. The molecule has 0 aromatic carbocycles. The molecule has 4 atom stereocenters. The maximum absolute atomic E-state index is 13.4. The van der Waals surface area contributed by atoms with Gasteiger partial charge in [-0.1, -0.05) is 6.07 Å². The SMILES string of the molecule is O=C(NCc1cccnc1)N1C[C@H]2C[C@@H](F)[C@@H](O)[C@H]2C1. The Kier molecular flexibility index (Phi) is 3.56. The number of halogens is 1. The molecule has 1 saturated carbocycles. The molecular formula is C14H18FN3O2. The number of pyridine rings is 1. The van der Waals surface area contributed by atoms with E-state index in [9.17, 15) is 14.3 Å². The number of carbonyl (C=O) groups excluding carboxylic acids is 1. The Hall–Kier alpha value is -1.69. The van der Waals surface area contributed by atoms with Crippen molar-refractivity contribution in [3.05, 3.63) is 30.1 Å². The zero-order valence-corrected chi connectivity index (χ0v) is 11.1. The smallest absolute Gasteiger partial charge is 0.317 e. The largest absolute Gasteiger partial charge is 0.390 e. The first-order chi connectivity index (χ1) is 9.65. The summed E-state index contributed by atoms with van der Waals surface area (Å²) < 4.78 is 13.4. The number of hydrogen-bond acceptors (Lipinski definition) is 3. The van der Waals surface area contributed by atoms with Gasteiger partial charge in [0.25, 0.3) is 0 Å². The molecule has 0 unspecified atom stereocenters. The van der Waals surface area contributed by atoms with Crippen LogP contribution in [-0.4, -0.2) is 46.4 Å². The summed E-state index contributed by atoms with van der Waals surface area (Å²) in [7, 11) is 0. The van der Waals surface area contributed by atoms with Gasteiger partial charge in [0.05, 0.1) is 6.10 Å². The van der Waals surface area contributed by atoms with E-state index in [1.807, 2.05) is 12.1 Å². The van der Waals surface area contributed by atoms with Crippen molar-refractivity contribution in [3.8, 4) is 0 Å². The third-order valence-electron chi connectivity index (χ3n) is 4.28. The molecule has 1 aliphatic carbocycles. The van der Waals surface area contributed by atoms with Crippen molar-refractivity contribution < 1.29 is 14.3 Å². The van der Waals surface area contributed by atoms with Gasteiger partial charge in [0.15, 0.2) is 0 Å². The second kappa shape index (κ2) is 5.36. The van der Waals surface area contributed by atoms with Crippen LogP contribution in [0.25, 0.3) is 0 Å². The topological polar surface area (TPSA) is 65.5 Å². The van der Waals surface area contributed by atoms with Crippen LogP contribution in [-0.2, 0) is 6.54 Å². The van der Waals surface area contributed by atoms with Gasteiger partial charge in [0, 0.05) is 37.9 Å². The highest BCUT2D eigenvalue weighted by Gasteiger charge is 2.48. The lowest BCUT2D eigenvalue weighted by molar-refractivity contribution is 0.0659. The Balaban J connectivity index is 1.53. The molecule has 2 amide bonds. The number of urea groups is 1. The van der Waals surface area contributed by atoms with Crippen molar-refractivity contribution >= 4 is 6.03 Å². The minimum absolute atomic E-state index is 0.0872. The van der Waals surface area contributed by atoms with Gasteiger partial charge in [-0.05, 0) is 24.0 Å². The number of aromatic nitrogens is 1. The number of hydrogen-bond donors (Lipinski definition) is 2. The van der Waals surface area contributed by atoms with Crippen LogP contribution in [0.1, 0.15) is 12.0 Å². The molecule has 2 aliphatic rings. The summed E-state index contributed by atoms with van der Waals surface area (Å²) in [6, 6.07) is 3.55. The van der Waals surface area contributed by atoms with E-state index >= 15 is 0 Å². The molecule has 1 aliphatic heterocycles. The standard InChI is InChI=1S/C14H18FN3O2/c15-12-4-10-7-18(8-11(10)13(12)19)14(20)17-6-9-2-1-3-16-5-9/h1-3,5,10-13,19H,4,6-8H2,(H,17,20)/t10-,11+,12-,13+/m1/s1. The molecule has 5 nitrogen and oxygen atoms in total. The number of amides is 2. The van der Waals surface area contributed by atoms with Crippen LogP contribution in [0.15, 0.2) is 24.5 Å². The predicted molar refractivity (Wildman–Crippen MR) is 70.5 cm³/mol. The number of nitrogens with one attached hydrogen (secondary N) is 1. The van der Waals surface area contributed by atoms with Crippen LogP contribution in [0.5, 0.6) is 0 Å². The predicted octanol–water partition coefficient (Wildman–Crippen LogP) is 0.942. The molecular weight excluding hydrogens is 261 g/mol. The summed E-state index contributed by atoms with van der Waals surface area (Å²) in [5, 5.41) is 12.6. The normalized spacial score (nSPS) is 32.2. The van der Waals surface area contributed by atoms with E-state index in [1.165, 1.54) is 0 Å². The van der Waals surface area contributed by atoms with Crippen LogP contribution in [0.2, 0.25) is 0 Å². The van der Waals surface area contributed by atoms with E-state index in [0.717, 1.165) is 5.56 Å². The third kappa shape index (κ3) is 2.47. The number of fused-ring (bicyclic) bond motifs is 1. The maximum Gasteiger partial charge on any atom is 0.317 e. The summed E-state index contributed by atoms with van der Waals surface area (Å²) in [4.78, 5) is 17.7. The van der Waals surface area contributed by atoms with Crippen LogP contribution in [0.3, 0.4) is 0 Å². The Morgan fingerprint density at radius 3 is 3.10 bits per heavy atom. The number of nitrogens with zero attached hydrogens (tertiary/aromatic N) is 2. The number of aliphatic hydroxyl groups excluding tert-OH is 1. The molecule has 1 saturated heterocycles. The summed E-state index contributed by atoms with van der Waals surface area (Å²) in [5.41, 5.74) is 0.934. The highest BCUT2D eigenvalue weighted by molar-refractivity contribution is 5.74. The Morgan fingerprint density at radius 1 is 1.55 bits per heavy atom. The van der Waals surface area contributed by atoms with Gasteiger partial charge >= 0.3 is 6.03 Å². The molecule has 0 radical (unpaired) electrons. The molecule has 1 aromatic rings. The third-order valence-corrected chi connectivity index (χ3v) is 4.28. The van der Waals surface area contributed by atoms with Gasteiger partial charge in [0.1, 0.15) is 6.17 Å². The highest BCUT2D eigenvalue weighted by Crippen LogP contribution is 2.39. The maximum atomic E-state index is 13.4. The van der Waals surface area contributed by atoms with Gasteiger partial charge < -0.3 is 15.3 Å². The van der Waals surface area contributed by atoms with E-state index in [0.29, 0.717) is 26.1 Å². The minimum Gasteiger partial charge on any atom is -0.390 e. The van der Waals surface area contributed by atoms with Crippen LogP contribution in [0.4, 0.5) is 9.18 Å². The lowest BCUT2D eigenvalue weighted by Crippen LogP contribution is -2.40. The first kappa shape index (κ1) is 13.3. The quantitative estimate of drug-likeness (QED) is 0.847. The van der Waals surface area contributed by atoms with Crippen LogP contribution < -0.4 is 5.32 Å². The number of likely N-dealkylation sites (tertiary alicyclic amines) is 1. The molecule has 0 spiro atoms. The van der Waals surface area contributed by atoms with Crippen molar-refractivity contribution in [2.45, 2.75) is 25.2 Å². The van der Waals surface area contributed by atoms with Gasteiger partial charge in [-0.3, -0.25) is 4.98 Å². The fraction of sp³-hybridized carbons (Fsp3) is 0.571. The van der Waals surface area contributed by atoms with Crippen LogP contribution in [0, 0.1) is 11.8 Å². The zero-order chi connectivity index (χ0) is 14.1. The molecule has 108 valence electrons. The second-order valence-corrected chi connectivity index (χ2v) is 5.59. The van der Waals surface area contributed by atoms with E-state index in [1.54, 1.807) is 17.3 Å². The van der Waals surface area contributed by atoms with E-state index < -0.39 is 12.3 Å². The lowest BCUT2D eigenvalue weighted by Gasteiger charge is -2.20. The minimum atomic E-state index is -1.13. The second-order valence-electron chi connectivity index (χ2n) is 5.59. The molecule has 6 heteroatoms. The summed E-state index contributed by atoms with van der Waals surface area (Å²) >= 11 is 0. The van der Waals surface area contributed by atoms with E-state index in [4.69, 9.17) is 0 Å². The van der Waals surface area contributed by atoms with Crippen molar-refractivity contribution in [1.82, 2.24) is 15.2 Å². The molecule has 0 bridgehead atoms. The van der Waals surface area contributed by atoms with Crippen molar-refractivity contribution in [2.24, 2.45) is 11.8 Å². The van der Waals surface area contributed by atoms with E-state index in [-0.39, 0.29) is 17.9 Å². The first-order valence-electron chi connectivity index (χ1n) is 6.89. The van der Waals surface area contributed by atoms with Gasteiger partial charge in [-0.25, -0.2) is 9.18 Å². The summed E-state index contributed by atoms with van der Waals surface area (Å²) in [6.07, 6.45) is 1.69. The van der Waals surface area contributed by atoms with Gasteiger partial charge in [-0.2, -0.15) is 0 Å². The Bertz CT molecular complexity index is 485.